The van der Waals surface area contributed by atoms with E-state index in [-0.39, 0.29) is 12.1 Å². The highest BCUT2D eigenvalue weighted by molar-refractivity contribution is 6.01. The number of hydrogen-bond donors (Lipinski definition) is 2. The van der Waals surface area contributed by atoms with Gasteiger partial charge in [0.2, 0.25) is 11.5 Å². The number of hydrogen-bond acceptors (Lipinski definition) is 6. The van der Waals surface area contributed by atoms with Gasteiger partial charge in [-0.1, -0.05) is 12.1 Å². The van der Waals surface area contributed by atoms with Crippen molar-refractivity contribution in [1.82, 2.24) is 24.4 Å². The molecule has 12 heteroatoms. The van der Waals surface area contributed by atoms with E-state index in [4.69, 9.17) is 10.5 Å². The van der Waals surface area contributed by atoms with Crippen molar-refractivity contribution in [2.24, 2.45) is 5.73 Å². The Bertz CT molecular complexity index is 1350. The Balaban J connectivity index is 1.69. The Morgan fingerprint density at radius 2 is 2.00 bits per heavy atom. The number of fused-ring (bicyclic) bond motifs is 1. The monoisotopic (exact) mass is 474 g/mol. The molecule has 0 saturated heterocycles. The molecule has 0 spiro atoms. The largest absolute Gasteiger partial charge is 0.481 e. The van der Waals surface area contributed by atoms with E-state index < -0.39 is 29.8 Å². The van der Waals surface area contributed by atoms with Gasteiger partial charge in [0.25, 0.3) is 5.91 Å². The Morgan fingerprint density at radius 3 is 2.59 bits per heavy atom. The maximum absolute atomic E-state index is 13.3. The van der Waals surface area contributed by atoms with E-state index >= 15 is 0 Å². The fourth-order valence-electron chi connectivity index (χ4n) is 3.73. The minimum atomic E-state index is -4.88. The fourth-order valence-corrected chi connectivity index (χ4v) is 3.73. The van der Waals surface area contributed by atoms with Gasteiger partial charge in [0, 0.05) is 29.5 Å². The maximum atomic E-state index is 13.3. The summed E-state index contributed by atoms with van der Waals surface area (Å²) in [6, 6.07) is 8.52. The van der Waals surface area contributed by atoms with E-state index in [0.717, 1.165) is 6.20 Å². The first-order valence-corrected chi connectivity index (χ1v) is 10.2. The first-order chi connectivity index (χ1) is 16.1. The summed E-state index contributed by atoms with van der Waals surface area (Å²) in [4.78, 5) is 16.3. The zero-order chi connectivity index (χ0) is 24.7. The lowest BCUT2D eigenvalue weighted by molar-refractivity contribution is -0.269. The average Bonchev–Trinajstić information content (AvgIpc) is 3.42. The Morgan fingerprint density at radius 1 is 1.24 bits per heavy atom. The molecule has 0 radical (unpaired) electrons. The molecule has 0 aliphatic carbocycles. The number of primary amides is 1. The van der Waals surface area contributed by atoms with Gasteiger partial charge in [0.15, 0.2) is 0 Å². The molecule has 0 fully saturated rings. The van der Waals surface area contributed by atoms with Crippen LogP contribution >= 0.6 is 0 Å². The summed E-state index contributed by atoms with van der Waals surface area (Å²) in [6.07, 6.45) is -1.13. The van der Waals surface area contributed by atoms with Crippen molar-refractivity contribution in [3.63, 3.8) is 0 Å². The number of aliphatic hydroxyl groups is 1. The summed E-state index contributed by atoms with van der Waals surface area (Å²) in [5.74, 6) is -0.205. The Hall–Kier alpha value is -3.93. The Kier molecular flexibility index (Phi) is 5.77. The molecule has 3 N–H and O–H groups in total. The number of alkyl halides is 3. The van der Waals surface area contributed by atoms with E-state index in [1.54, 1.807) is 47.1 Å². The molecule has 0 aromatic carbocycles. The highest BCUT2D eigenvalue weighted by atomic mass is 19.4. The van der Waals surface area contributed by atoms with Crippen LogP contribution in [-0.4, -0.2) is 48.7 Å². The minimum absolute atomic E-state index is 0.0949. The summed E-state index contributed by atoms with van der Waals surface area (Å²) < 4.78 is 48.0. The lowest BCUT2D eigenvalue weighted by atomic mass is 9.96. The van der Waals surface area contributed by atoms with Crippen LogP contribution < -0.4 is 10.5 Å². The number of rotatable bonds is 7. The maximum Gasteiger partial charge on any atom is 0.423 e. The lowest BCUT2D eigenvalue weighted by Gasteiger charge is -2.26. The van der Waals surface area contributed by atoms with Gasteiger partial charge in [-0.25, -0.2) is 9.67 Å². The molecule has 178 valence electrons. The van der Waals surface area contributed by atoms with Gasteiger partial charge in [0.05, 0.1) is 31.1 Å². The highest BCUT2D eigenvalue weighted by Gasteiger charge is 2.55. The quantitative estimate of drug-likeness (QED) is 0.425. The zero-order valence-corrected chi connectivity index (χ0v) is 18.2. The zero-order valence-electron chi connectivity index (χ0n) is 18.2. The van der Waals surface area contributed by atoms with Crippen LogP contribution in [-0.2, 0) is 12.1 Å². The third-order valence-electron chi connectivity index (χ3n) is 5.61. The van der Waals surface area contributed by atoms with Gasteiger partial charge in [-0.15, -0.1) is 5.10 Å². The number of halogens is 3. The normalized spacial score (nSPS) is 13.7. The molecule has 1 unspecified atom stereocenters. The van der Waals surface area contributed by atoms with Crippen LogP contribution in [0.3, 0.4) is 0 Å². The molecule has 1 atom stereocenters. The molecule has 4 heterocycles. The molecule has 0 aliphatic rings. The number of nitrogens with zero attached hydrogens (tertiary/aromatic N) is 5. The molecule has 0 aliphatic heterocycles. The molecular weight excluding hydrogens is 453 g/mol. The second-order valence-electron chi connectivity index (χ2n) is 7.70. The standard InChI is InChI=1S/C22H21F3N6O3/c1-3-21(33,22(23,24)25)17-12-30(29-28-17)11-13-6-7-31-15(8-13)9-16(20(26)32)19(31)14-4-5-18(34-2)27-10-14/h4-10,12,33H,3,11H2,1-2H3,(H2,26,32). The Labute approximate surface area is 191 Å². The lowest BCUT2D eigenvalue weighted by Crippen LogP contribution is -2.42. The fraction of sp³-hybridized carbons (Fsp3) is 0.273. The average molecular weight is 474 g/mol. The number of carbonyl (C=O) groups excluding carboxylic acids is 1. The number of pyridine rings is 2. The third kappa shape index (κ3) is 3.96. The molecule has 0 saturated carbocycles. The molecule has 4 rings (SSSR count). The highest BCUT2D eigenvalue weighted by Crippen LogP contribution is 2.40. The van der Waals surface area contributed by atoms with E-state index in [2.05, 4.69) is 15.3 Å². The van der Waals surface area contributed by atoms with Gasteiger partial charge in [-0.05, 0) is 36.2 Å². The number of amides is 1. The SMILES string of the molecule is CCC(O)(c1cn(Cc2ccn3c(-c4ccc(OC)nc4)c(C(N)=O)cc3c2)nn1)C(F)(F)F. The summed E-state index contributed by atoms with van der Waals surface area (Å²) in [5, 5.41) is 17.4. The van der Waals surface area contributed by atoms with Crippen LogP contribution in [0.2, 0.25) is 0 Å². The van der Waals surface area contributed by atoms with Crippen LogP contribution in [0.4, 0.5) is 13.2 Å². The minimum Gasteiger partial charge on any atom is -0.481 e. The van der Waals surface area contributed by atoms with Gasteiger partial charge < -0.3 is 20.0 Å². The molecule has 34 heavy (non-hydrogen) atoms. The van der Waals surface area contributed by atoms with Crippen LogP contribution in [0, 0.1) is 0 Å². The van der Waals surface area contributed by atoms with Crippen LogP contribution in [0.5, 0.6) is 5.88 Å². The van der Waals surface area contributed by atoms with E-state index in [9.17, 15) is 23.1 Å². The third-order valence-corrected chi connectivity index (χ3v) is 5.61. The smallest absolute Gasteiger partial charge is 0.423 e. The van der Waals surface area contributed by atoms with Crippen molar-refractivity contribution < 1.29 is 27.8 Å². The molecular formula is C22H21F3N6O3. The van der Waals surface area contributed by atoms with E-state index in [1.165, 1.54) is 18.7 Å². The van der Waals surface area contributed by atoms with Crippen molar-refractivity contribution in [1.29, 1.82) is 0 Å². The second-order valence-corrected chi connectivity index (χ2v) is 7.70. The van der Waals surface area contributed by atoms with Crippen molar-refractivity contribution in [3.8, 4) is 17.1 Å². The summed E-state index contributed by atoms with van der Waals surface area (Å²) in [6.45, 7) is 1.32. The van der Waals surface area contributed by atoms with Crippen LogP contribution in [0.25, 0.3) is 16.8 Å². The van der Waals surface area contributed by atoms with Gasteiger partial charge in [0.1, 0.15) is 5.69 Å². The molecule has 0 bridgehead atoms. The number of methoxy groups -OCH3 is 1. The predicted molar refractivity (Wildman–Crippen MR) is 115 cm³/mol. The molecule has 1 amide bonds. The predicted octanol–water partition coefficient (Wildman–Crippen LogP) is 2.91. The molecule has 4 aromatic rings. The van der Waals surface area contributed by atoms with Gasteiger partial charge in [-0.3, -0.25) is 4.79 Å². The molecule has 9 nitrogen and oxygen atoms in total. The molecule has 4 aromatic heterocycles. The van der Waals surface area contributed by atoms with Crippen molar-refractivity contribution in [2.75, 3.05) is 7.11 Å². The number of ether oxygens (including phenoxy) is 1. The first kappa shape index (κ1) is 23.2. The summed E-state index contributed by atoms with van der Waals surface area (Å²) in [5.41, 5.74) is 4.74. The van der Waals surface area contributed by atoms with E-state index in [0.29, 0.717) is 28.2 Å². The van der Waals surface area contributed by atoms with Crippen molar-refractivity contribution >= 4 is 11.4 Å². The van der Waals surface area contributed by atoms with Crippen molar-refractivity contribution in [3.05, 3.63) is 65.7 Å². The number of aromatic nitrogens is 5. The first-order valence-electron chi connectivity index (χ1n) is 10.2. The number of nitrogens with two attached hydrogens (primary N) is 1. The van der Waals surface area contributed by atoms with Crippen LogP contribution in [0.1, 0.15) is 35.0 Å². The van der Waals surface area contributed by atoms with Gasteiger partial charge in [-0.2, -0.15) is 13.2 Å². The van der Waals surface area contributed by atoms with Crippen LogP contribution in [0.15, 0.2) is 48.9 Å². The topological polar surface area (TPSA) is 121 Å². The number of carbonyl (C=O) groups is 1. The van der Waals surface area contributed by atoms with Crippen molar-refractivity contribution in [2.45, 2.75) is 31.7 Å². The van der Waals surface area contributed by atoms with E-state index in [1.807, 2.05) is 0 Å². The second kappa shape index (κ2) is 8.45. The summed E-state index contributed by atoms with van der Waals surface area (Å²) in [7, 11) is 1.50. The van der Waals surface area contributed by atoms with Gasteiger partial charge >= 0.3 is 6.18 Å². The summed E-state index contributed by atoms with van der Waals surface area (Å²) >= 11 is 0.